The first-order chi connectivity index (χ1) is 6.11. The molecule has 1 fully saturated rings. The molecule has 0 amide bonds. The van der Waals surface area contributed by atoms with E-state index in [0.717, 1.165) is 0 Å². The smallest absolute Gasteiger partial charge is 0.111 e. The molecule has 0 saturated carbocycles. The van der Waals surface area contributed by atoms with E-state index in [1.807, 2.05) is 0 Å². The van der Waals surface area contributed by atoms with Gasteiger partial charge in [0.1, 0.15) is 24.4 Å². The fraction of sp³-hybridized carbons (Fsp3) is 1.00. The molecule has 0 radical (unpaired) electrons. The van der Waals surface area contributed by atoms with Gasteiger partial charge < -0.3 is 25.2 Å². The quantitative estimate of drug-likeness (QED) is 0.416. The second kappa shape index (κ2) is 4.34. The Kier molecular flexibility index (Phi) is 3.63. The van der Waals surface area contributed by atoms with E-state index >= 15 is 0 Å². The average molecular weight is 192 g/mol. The molecular weight excluding hydrogens is 176 g/mol. The lowest BCUT2D eigenvalue weighted by Gasteiger charge is -2.39. The second-order valence-electron chi connectivity index (χ2n) is 3.28. The van der Waals surface area contributed by atoms with Crippen molar-refractivity contribution in [1.82, 2.24) is 0 Å². The van der Waals surface area contributed by atoms with Gasteiger partial charge in [-0.2, -0.15) is 0 Å². The number of aliphatic hydroxyl groups excluding tert-OH is 4. The van der Waals surface area contributed by atoms with Gasteiger partial charge in [-0.1, -0.05) is 6.92 Å². The molecule has 5 heteroatoms. The molecule has 0 aromatic rings. The van der Waals surface area contributed by atoms with E-state index in [-0.39, 0.29) is 6.61 Å². The molecule has 1 aliphatic rings. The van der Waals surface area contributed by atoms with Crippen LogP contribution in [0.3, 0.4) is 0 Å². The van der Waals surface area contributed by atoms with Gasteiger partial charge in [-0.15, -0.1) is 0 Å². The maximum atomic E-state index is 9.40. The van der Waals surface area contributed by atoms with Crippen molar-refractivity contribution in [2.45, 2.75) is 43.9 Å². The lowest BCUT2D eigenvalue weighted by molar-refractivity contribution is -0.229. The fourth-order valence-corrected chi connectivity index (χ4v) is 1.52. The minimum absolute atomic E-state index is 0.360. The SMILES string of the molecule is CCC1OC(CO)C(O)C(O)C1O. The first kappa shape index (κ1) is 10.9. The van der Waals surface area contributed by atoms with E-state index in [0.29, 0.717) is 6.42 Å². The van der Waals surface area contributed by atoms with Gasteiger partial charge >= 0.3 is 0 Å². The highest BCUT2D eigenvalue weighted by atomic mass is 16.5. The van der Waals surface area contributed by atoms with Gasteiger partial charge in [-0.3, -0.25) is 0 Å². The van der Waals surface area contributed by atoms with Crippen molar-refractivity contribution < 1.29 is 25.2 Å². The maximum Gasteiger partial charge on any atom is 0.111 e. The van der Waals surface area contributed by atoms with Crippen LogP contribution in [0.2, 0.25) is 0 Å². The third-order valence-corrected chi connectivity index (χ3v) is 2.39. The predicted molar refractivity (Wildman–Crippen MR) is 44.1 cm³/mol. The molecule has 0 aliphatic carbocycles. The Balaban J connectivity index is 2.66. The molecule has 1 saturated heterocycles. The summed E-state index contributed by atoms with van der Waals surface area (Å²) in [5, 5.41) is 36.9. The molecule has 1 rings (SSSR count). The van der Waals surface area contributed by atoms with Crippen LogP contribution in [0.4, 0.5) is 0 Å². The minimum atomic E-state index is -1.24. The number of aliphatic hydroxyl groups is 4. The molecule has 5 atom stereocenters. The summed E-state index contributed by atoms with van der Waals surface area (Å²) in [4.78, 5) is 0. The van der Waals surface area contributed by atoms with Crippen LogP contribution in [-0.2, 0) is 4.74 Å². The summed E-state index contributed by atoms with van der Waals surface area (Å²) in [5.74, 6) is 0. The van der Waals surface area contributed by atoms with Gasteiger partial charge in [0.25, 0.3) is 0 Å². The van der Waals surface area contributed by atoms with Crippen molar-refractivity contribution in [3.63, 3.8) is 0 Å². The molecule has 13 heavy (non-hydrogen) atoms. The van der Waals surface area contributed by atoms with E-state index in [9.17, 15) is 15.3 Å². The minimum Gasteiger partial charge on any atom is -0.394 e. The molecule has 1 heterocycles. The van der Waals surface area contributed by atoms with Crippen LogP contribution >= 0.6 is 0 Å². The Bertz CT molecular complexity index is 143. The average Bonchev–Trinajstić information content (AvgIpc) is 2.15. The second-order valence-corrected chi connectivity index (χ2v) is 3.28. The van der Waals surface area contributed by atoms with Crippen LogP contribution in [0, 0.1) is 0 Å². The molecule has 0 spiro atoms. The van der Waals surface area contributed by atoms with Crippen molar-refractivity contribution in [2.24, 2.45) is 0 Å². The van der Waals surface area contributed by atoms with E-state index in [2.05, 4.69) is 0 Å². The summed E-state index contributed by atoms with van der Waals surface area (Å²) < 4.78 is 5.17. The zero-order valence-corrected chi connectivity index (χ0v) is 7.50. The van der Waals surface area contributed by atoms with Gasteiger partial charge in [0.15, 0.2) is 0 Å². The topological polar surface area (TPSA) is 90.2 Å². The monoisotopic (exact) mass is 192 g/mol. The summed E-state index contributed by atoms with van der Waals surface area (Å²) in [6.45, 7) is 1.44. The lowest BCUT2D eigenvalue weighted by atomic mass is 9.94. The number of hydrogen-bond donors (Lipinski definition) is 4. The molecule has 0 aromatic heterocycles. The summed E-state index contributed by atoms with van der Waals surface area (Å²) in [6.07, 6.45) is -4.33. The molecule has 0 aromatic carbocycles. The highest BCUT2D eigenvalue weighted by molar-refractivity contribution is 4.91. The molecule has 0 bridgehead atoms. The van der Waals surface area contributed by atoms with Crippen LogP contribution in [-0.4, -0.2) is 57.6 Å². The fourth-order valence-electron chi connectivity index (χ4n) is 1.52. The van der Waals surface area contributed by atoms with Gasteiger partial charge in [0.05, 0.1) is 12.7 Å². The maximum absolute atomic E-state index is 9.40. The largest absolute Gasteiger partial charge is 0.394 e. The highest BCUT2D eigenvalue weighted by Gasteiger charge is 2.42. The summed E-state index contributed by atoms with van der Waals surface area (Å²) in [7, 11) is 0. The Hall–Kier alpha value is -0.200. The molecule has 4 N–H and O–H groups in total. The third kappa shape index (κ3) is 2.00. The van der Waals surface area contributed by atoms with Crippen LogP contribution in [0.25, 0.3) is 0 Å². The number of rotatable bonds is 2. The third-order valence-electron chi connectivity index (χ3n) is 2.39. The number of hydrogen-bond acceptors (Lipinski definition) is 5. The summed E-state index contributed by atoms with van der Waals surface area (Å²) in [6, 6.07) is 0. The van der Waals surface area contributed by atoms with Crippen molar-refractivity contribution in [1.29, 1.82) is 0 Å². The Morgan fingerprint density at radius 3 is 2.00 bits per heavy atom. The van der Waals surface area contributed by atoms with Crippen molar-refractivity contribution in [3.05, 3.63) is 0 Å². The van der Waals surface area contributed by atoms with Crippen molar-refractivity contribution in [2.75, 3.05) is 6.61 Å². The molecule has 1 aliphatic heterocycles. The Morgan fingerprint density at radius 2 is 1.54 bits per heavy atom. The van der Waals surface area contributed by atoms with Crippen molar-refractivity contribution in [3.8, 4) is 0 Å². The van der Waals surface area contributed by atoms with Gasteiger partial charge in [-0.25, -0.2) is 0 Å². The Morgan fingerprint density at radius 1 is 1.00 bits per heavy atom. The van der Waals surface area contributed by atoms with Gasteiger partial charge in [0.2, 0.25) is 0 Å². The van der Waals surface area contributed by atoms with E-state index in [1.54, 1.807) is 6.92 Å². The zero-order valence-electron chi connectivity index (χ0n) is 7.50. The van der Waals surface area contributed by atoms with E-state index in [1.165, 1.54) is 0 Å². The molecular formula is C8H16O5. The first-order valence-electron chi connectivity index (χ1n) is 4.42. The Labute approximate surface area is 76.6 Å². The molecule has 5 unspecified atom stereocenters. The number of ether oxygens (including phenoxy) is 1. The van der Waals surface area contributed by atoms with E-state index in [4.69, 9.17) is 9.84 Å². The normalized spacial score (nSPS) is 46.4. The van der Waals surface area contributed by atoms with Crippen LogP contribution < -0.4 is 0 Å². The predicted octanol–water partition coefficient (Wildman–Crippen LogP) is -1.76. The van der Waals surface area contributed by atoms with E-state index < -0.39 is 30.5 Å². The highest BCUT2D eigenvalue weighted by Crippen LogP contribution is 2.22. The van der Waals surface area contributed by atoms with Gasteiger partial charge in [-0.05, 0) is 6.42 Å². The van der Waals surface area contributed by atoms with Gasteiger partial charge in [0, 0.05) is 0 Å². The van der Waals surface area contributed by atoms with Crippen LogP contribution in [0.5, 0.6) is 0 Å². The standard InChI is InChI=1S/C8H16O5/c1-2-4-6(10)8(12)7(11)5(3-9)13-4/h4-12H,2-3H2,1H3. The molecule has 78 valence electrons. The first-order valence-corrected chi connectivity index (χ1v) is 4.42. The van der Waals surface area contributed by atoms with Crippen molar-refractivity contribution >= 4 is 0 Å². The lowest BCUT2D eigenvalue weighted by Crippen LogP contribution is -2.58. The zero-order chi connectivity index (χ0) is 10.0. The molecule has 5 nitrogen and oxygen atoms in total. The van der Waals surface area contributed by atoms with Crippen LogP contribution in [0.1, 0.15) is 13.3 Å². The summed E-state index contributed by atoms with van der Waals surface area (Å²) >= 11 is 0. The summed E-state index contributed by atoms with van der Waals surface area (Å²) in [5.41, 5.74) is 0. The van der Waals surface area contributed by atoms with Crippen LogP contribution in [0.15, 0.2) is 0 Å².